The van der Waals surface area contributed by atoms with Gasteiger partial charge < -0.3 is 10.2 Å². The van der Waals surface area contributed by atoms with Crippen LogP contribution in [0.4, 0.5) is 5.82 Å². The molecule has 2 aromatic rings. The van der Waals surface area contributed by atoms with E-state index in [1.165, 1.54) is 0 Å². The summed E-state index contributed by atoms with van der Waals surface area (Å²) in [4.78, 5) is 23.4. The number of pyridine rings is 2. The van der Waals surface area contributed by atoms with Crippen molar-refractivity contribution in [2.45, 2.75) is 39.2 Å². The molecule has 1 amide bonds. The van der Waals surface area contributed by atoms with Gasteiger partial charge in [-0.15, -0.1) is 0 Å². The molecule has 0 saturated carbocycles. The third kappa shape index (κ3) is 4.10. The summed E-state index contributed by atoms with van der Waals surface area (Å²) in [7, 11) is 0. The van der Waals surface area contributed by atoms with Crippen LogP contribution in [0.1, 0.15) is 29.8 Å². The van der Waals surface area contributed by atoms with Gasteiger partial charge in [0, 0.05) is 36.7 Å². The van der Waals surface area contributed by atoms with E-state index in [-0.39, 0.29) is 11.9 Å². The van der Waals surface area contributed by atoms with Crippen molar-refractivity contribution in [1.29, 1.82) is 0 Å². The molecule has 24 heavy (non-hydrogen) atoms. The molecule has 5 nitrogen and oxygen atoms in total. The highest BCUT2D eigenvalue weighted by atomic mass is 16.2. The molecule has 1 fully saturated rings. The molecule has 3 rings (SSSR count). The lowest BCUT2D eigenvalue weighted by atomic mass is 10.1. The fourth-order valence-electron chi connectivity index (χ4n) is 3.12. The maximum Gasteiger partial charge on any atom is 0.227 e. The zero-order valence-corrected chi connectivity index (χ0v) is 14.3. The van der Waals surface area contributed by atoms with Crippen molar-refractivity contribution in [3.8, 4) is 0 Å². The van der Waals surface area contributed by atoms with Gasteiger partial charge in [0.05, 0.1) is 6.42 Å². The molecule has 1 unspecified atom stereocenters. The fourth-order valence-corrected chi connectivity index (χ4v) is 3.12. The van der Waals surface area contributed by atoms with E-state index in [4.69, 9.17) is 0 Å². The summed E-state index contributed by atoms with van der Waals surface area (Å²) < 4.78 is 0. The van der Waals surface area contributed by atoms with Crippen molar-refractivity contribution in [3.05, 3.63) is 53.5 Å². The van der Waals surface area contributed by atoms with Crippen molar-refractivity contribution < 1.29 is 4.79 Å². The Morgan fingerprint density at radius 1 is 1.25 bits per heavy atom. The summed E-state index contributed by atoms with van der Waals surface area (Å²) in [5.41, 5.74) is 2.94. The molecule has 0 aromatic carbocycles. The van der Waals surface area contributed by atoms with Crippen LogP contribution < -0.4 is 5.32 Å². The van der Waals surface area contributed by atoms with Crippen LogP contribution in [0.25, 0.3) is 0 Å². The monoisotopic (exact) mass is 324 g/mol. The number of hydrogen-bond donors (Lipinski definition) is 1. The Balaban J connectivity index is 1.58. The first kappa shape index (κ1) is 16.4. The topological polar surface area (TPSA) is 58.1 Å². The smallest absolute Gasteiger partial charge is 0.227 e. The summed E-state index contributed by atoms with van der Waals surface area (Å²) in [5.74, 6) is 1.05. The van der Waals surface area contributed by atoms with Crippen molar-refractivity contribution in [3.63, 3.8) is 0 Å². The molecule has 5 heteroatoms. The third-order valence-electron chi connectivity index (χ3n) is 4.43. The number of nitrogens with one attached hydrogen (secondary N) is 1. The third-order valence-corrected chi connectivity index (χ3v) is 4.43. The number of anilines is 1. The molecule has 1 aliphatic heterocycles. The molecule has 0 bridgehead atoms. The number of aryl methyl sites for hydroxylation is 2. The van der Waals surface area contributed by atoms with Crippen LogP contribution in [0.5, 0.6) is 0 Å². The van der Waals surface area contributed by atoms with Crippen molar-refractivity contribution >= 4 is 11.7 Å². The molecule has 3 heterocycles. The number of likely N-dealkylation sites (tertiary alicyclic amines) is 1. The molecule has 1 N–H and O–H groups in total. The van der Waals surface area contributed by atoms with Gasteiger partial charge in [-0.1, -0.05) is 12.1 Å². The van der Waals surface area contributed by atoms with E-state index in [0.717, 1.165) is 48.7 Å². The van der Waals surface area contributed by atoms with E-state index >= 15 is 0 Å². The molecule has 0 aliphatic carbocycles. The first-order valence-electron chi connectivity index (χ1n) is 8.50. The molecule has 1 atom stereocenters. The van der Waals surface area contributed by atoms with Gasteiger partial charge in [0.25, 0.3) is 0 Å². The van der Waals surface area contributed by atoms with Gasteiger partial charge in [-0.3, -0.25) is 9.78 Å². The van der Waals surface area contributed by atoms with Crippen LogP contribution in [-0.4, -0.2) is 39.9 Å². The van der Waals surface area contributed by atoms with Crippen LogP contribution in [0.3, 0.4) is 0 Å². The lowest BCUT2D eigenvalue weighted by Crippen LogP contribution is -2.40. The van der Waals surface area contributed by atoms with E-state index in [2.05, 4.69) is 15.3 Å². The van der Waals surface area contributed by atoms with E-state index in [1.807, 2.05) is 49.1 Å². The SMILES string of the molecule is Cc1ccc(CC(=O)N2CCCC2CNc2cccc(C)n2)cn1. The second-order valence-electron chi connectivity index (χ2n) is 6.41. The Hall–Kier alpha value is -2.43. The quantitative estimate of drug-likeness (QED) is 0.919. The zero-order chi connectivity index (χ0) is 16.9. The number of amides is 1. The van der Waals surface area contributed by atoms with E-state index in [1.54, 1.807) is 6.20 Å². The number of rotatable bonds is 5. The second-order valence-corrected chi connectivity index (χ2v) is 6.41. The number of hydrogen-bond acceptors (Lipinski definition) is 4. The van der Waals surface area contributed by atoms with Crippen LogP contribution in [0, 0.1) is 13.8 Å². The summed E-state index contributed by atoms with van der Waals surface area (Å²) in [6.07, 6.45) is 4.32. The Labute approximate surface area is 143 Å². The molecule has 1 saturated heterocycles. The van der Waals surface area contributed by atoms with Gasteiger partial charge in [-0.25, -0.2) is 4.98 Å². The number of nitrogens with zero attached hydrogens (tertiary/aromatic N) is 3. The molecule has 0 radical (unpaired) electrons. The van der Waals surface area contributed by atoms with E-state index in [0.29, 0.717) is 6.42 Å². The van der Waals surface area contributed by atoms with E-state index in [9.17, 15) is 4.79 Å². The Morgan fingerprint density at radius 3 is 2.88 bits per heavy atom. The molecule has 2 aromatic heterocycles. The minimum atomic E-state index is 0.183. The molecule has 126 valence electrons. The maximum absolute atomic E-state index is 12.6. The zero-order valence-electron chi connectivity index (χ0n) is 14.3. The average Bonchev–Trinajstić information content (AvgIpc) is 3.04. The van der Waals surface area contributed by atoms with Gasteiger partial charge in [0.2, 0.25) is 5.91 Å². The Bertz CT molecular complexity index is 699. The number of carbonyl (C=O) groups is 1. The van der Waals surface area contributed by atoms with Crippen molar-refractivity contribution in [2.24, 2.45) is 0 Å². The molecule has 0 spiro atoms. The Kier molecular flexibility index (Phi) is 5.08. The van der Waals surface area contributed by atoms with E-state index < -0.39 is 0 Å². The number of aromatic nitrogens is 2. The molecular formula is C19H24N4O. The maximum atomic E-state index is 12.6. The Morgan fingerprint density at radius 2 is 2.12 bits per heavy atom. The van der Waals surface area contributed by atoms with Crippen molar-refractivity contribution in [2.75, 3.05) is 18.4 Å². The average molecular weight is 324 g/mol. The lowest BCUT2D eigenvalue weighted by Gasteiger charge is -2.25. The second kappa shape index (κ2) is 7.43. The molecular weight excluding hydrogens is 300 g/mol. The van der Waals surface area contributed by atoms with Crippen LogP contribution in [0.2, 0.25) is 0 Å². The van der Waals surface area contributed by atoms with Crippen LogP contribution in [0.15, 0.2) is 36.5 Å². The number of carbonyl (C=O) groups excluding carboxylic acids is 1. The summed E-state index contributed by atoms with van der Waals surface area (Å²) >= 11 is 0. The minimum absolute atomic E-state index is 0.183. The van der Waals surface area contributed by atoms with Crippen LogP contribution in [-0.2, 0) is 11.2 Å². The summed E-state index contributed by atoms with van der Waals surface area (Å²) in [5, 5.41) is 3.37. The minimum Gasteiger partial charge on any atom is -0.368 e. The predicted octanol–water partition coefficient (Wildman–Crippen LogP) is 2.74. The predicted molar refractivity (Wildman–Crippen MR) is 94.9 cm³/mol. The summed E-state index contributed by atoms with van der Waals surface area (Å²) in [6, 6.07) is 10.1. The highest BCUT2D eigenvalue weighted by molar-refractivity contribution is 5.79. The van der Waals surface area contributed by atoms with Gasteiger partial charge in [-0.05, 0) is 50.5 Å². The largest absolute Gasteiger partial charge is 0.368 e. The fraction of sp³-hybridized carbons (Fsp3) is 0.421. The van der Waals surface area contributed by atoms with Gasteiger partial charge >= 0.3 is 0 Å². The van der Waals surface area contributed by atoms with Gasteiger partial charge in [0.15, 0.2) is 0 Å². The van der Waals surface area contributed by atoms with Crippen LogP contribution >= 0.6 is 0 Å². The summed E-state index contributed by atoms with van der Waals surface area (Å²) in [6.45, 7) is 5.51. The van der Waals surface area contributed by atoms with Crippen molar-refractivity contribution in [1.82, 2.24) is 14.9 Å². The molecule has 1 aliphatic rings. The highest BCUT2D eigenvalue weighted by Crippen LogP contribution is 2.19. The lowest BCUT2D eigenvalue weighted by molar-refractivity contribution is -0.131. The standard InChI is InChI=1S/C19H24N4O/c1-14-8-9-16(12-20-14)11-19(24)23-10-4-6-17(23)13-21-18-7-3-5-15(2)22-18/h3,5,7-9,12,17H,4,6,10-11,13H2,1-2H3,(H,21,22). The first-order chi connectivity index (χ1) is 11.6. The van der Waals surface area contributed by atoms with Gasteiger partial charge in [-0.2, -0.15) is 0 Å². The highest BCUT2D eigenvalue weighted by Gasteiger charge is 2.28. The normalized spacial score (nSPS) is 17.1. The first-order valence-corrected chi connectivity index (χ1v) is 8.50. The van der Waals surface area contributed by atoms with Gasteiger partial charge in [0.1, 0.15) is 5.82 Å².